The van der Waals surface area contributed by atoms with Crippen LogP contribution in [0.3, 0.4) is 0 Å². The lowest BCUT2D eigenvalue weighted by molar-refractivity contribution is -0.140. The van der Waals surface area contributed by atoms with E-state index in [4.69, 9.17) is 4.74 Å². The van der Waals surface area contributed by atoms with Crippen LogP contribution in [0.4, 0.5) is 0 Å². The first kappa shape index (κ1) is 17.9. The first-order valence-corrected chi connectivity index (χ1v) is 9.91. The summed E-state index contributed by atoms with van der Waals surface area (Å²) >= 11 is 0. The van der Waals surface area contributed by atoms with E-state index < -0.39 is 6.10 Å². The zero-order chi connectivity index (χ0) is 20.0. The van der Waals surface area contributed by atoms with Crippen LogP contribution in [-0.4, -0.2) is 41.0 Å². The van der Waals surface area contributed by atoms with Gasteiger partial charge in [-0.1, -0.05) is 36.4 Å². The van der Waals surface area contributed by atoms with Crippen molar-refractivity contribution in [3.8, 4) is 5.75 Å². The lowest BCUT2D eigenvalue weighted by Gasteiger charge is -2.34. The first-order chi connectivity index (χ1) is 14.1. The number of cyclic esters (lactones) is 1. The molecule has 1 amide bonds. The van der Waals surface area contributed by atoms with E-state index in [1.165, 1.54) is 0 Å². The van der Waals surface area contributed by atoms with Crippen LogP contribution in [0.15, 0.2) is 59.7 Å². The van der Waals surface area contributed by atoms with Crippen LogP contribution in [0.5, 0.6) is 5.75 Å². The molecule has 5 rings (SSSR count). The van der Waals surface area contributed by atoms with Gasteiger partial charge in [-0.15, -0.1) is 0 Å². The molecule has 0 fully saturated rings. The van der Waals surface area contributed by atoms with Gasteiger partial charge >= 0.3 is 5.97 Å². The smallest absolute Gasteiger partial charge is 0.335 e. The maximum Gasteiger partial charge on any atom is 0.335 e. The average molecular weight is 390 g/mol. The number of hydrogen-bond acceptors (Lipinski definition) is 5. The summed E-state index contributed by atoms with van der Waals surface area (Å²) in [6, 6.07) is 14.7. The van der Waals surface area contributed by atoms with E-state index in [-0.39, 0.29) is 23.7 Å². The van der Waals surface area contributed by atoms with E-state index in [1.54, 1.807) is 12.1 Å². The molecule has 6 heteroatoms. The van der Waals surface area contributed by atoms with Gasteiger partial charge in [0.15, 0.2) is 6.10 Å². The second kappa shape index (κ2) is 7.04. The Kier molecular flexibility index (Phi) is 4.36. The minimum Gasteiger partial charge on any atom is -0.508 e. The zero-order valence-electron chi connectivity index (χ0n) is 15.9. The lowest BCUT2D eigenvalue weighted by Crippen LogP contribution is -2.51. The molecule has 2 atom stereocenters. The largest absolute Gasteiger partial charge is 0.508 e. The first-order valence-electron chi connectivity index (χ1n) is 9.91. The maximum absolute atomic E-state index is 13.2. The zero-order valence-corrected chi connectivity index (χ0v) is 15.9. The summed E-state index contributed by atoms with van der Waals surface area (Å²) in [7, 11) is 0. The number of fused-ring (bicyclic) bond motifs is 1. The Morgan fingerprint density at radius 1 is 1.14 bits per heavy atom. The van der Waals surface area contributed by atoms with Crippen molar-refractivity contribution in [2.75, 3.05) is 13.1 Å². The number of esters is 1. The highest BCUT2D eigenvalue weighted by molar-refractivity contribution is 5.94. The van der Waals surface area contributed by atoms with Crippen molar-refractivity contribution in [1.29, 1.82) is 0 Å². The monoisotopic (exact) mass is 390 g/mol. The summed E-state index contributed by atoms with van der Waals surface area (Å²) in [5.41, 5.74) is 4.67. The Morgan fingerprint density at radius 3 is 2.79 bits per heavy atom. The standard InChI is InChI=1S/C23H22N2O4/c26-17-7-6-15-11-20(24-12-16(15)10-17)22(27)25-9-8-18-19(13-25)21(29-23(18)28)14-4-2-1-3-5-14/h1-7,10,20-21,24,26H,8-9,11-13H2/t20-,21?/m1/s1. The number of carbonyl (C=O) groups is 2. The Morgan fingerprint density at radius 2 is 1.97 bits per heavy atom. The predicted octanol–water partition coefficient (Wildman–Crippen LogP) is 2.23. The molecule has 148 valence electrons. The topological polar surface area (TPSA) is 78.9 Å². The average Bonchev–Trinajstić information content (AvgIpc) is 3.09. The highest BCUT2D eigenvalue weighted by Gasteiger charge is 2.40. The third-order valence-corrected chi connectivity index (χ3v) is 6.03. The number of aromatic hydroxyl groups is 1. The minimum atomic E-state index is -0.405. The van der Waals surface area contributed by atoms with Gasteiger partial charge in [0.05, 0.1) is 6.04 Å². The number of phenolic OH excluding ortho intramolecular Hbond substituents is 1. The van der Waals surface area contributed by atoms with Gasteiger partial charge in [-0.2, -0.15) is 0 Å². The number of benzene rings is 2. The minimum absolute atomic E-state index is 0.0430. The molecule has 0 saturated carbocycles. The van der Waals surface area contributed by atoms with Crippen molar-refractivity contribution >= 4 is 11.9 Å². The molecule has 3 aliphatic heterocycles. The molecule has 2 N–H and O–H groups in total. The third-order valence-electron chi connectivity index (χ3n) is 6.03. The Hall–Kier alpha value is -3.12. The highest BCUT2D eigenvalue weighted by Crippen LogP contribution is 2.39. The summed E-state index contributed by atoms with van der Waals surface area (Å²) in [4.78, 5) is 27.4. The van der Waals surface area contributed by atoms with Gasteiger partial charge in [0.2, 0.25) is 5.91 Å². The Balaban J connectivity index is 1.34. The fraction of sp³-hybridized carbons (Fsp3) is 0.304. The van der Waals surface area contributed by atoms with Gasteiger partial charge < -0.3 is 20.1 Å². The lowest BCUT2D eigenvalue weighted by atomic mass is 9.92. The molecule has 0 aromatic heterocycles. The fourth-order valence-corrected chi connectivity index (χ4v) is 4.49. The van der Waals surface area contributed by atoms with Crippen LogP contribution < -0.4 is 5.32 Å². The van der Waals surface area contributed by atoms with Crippen molar-refractivity contribution in [2.24, 2.45) is 0 Å². The van der Waals surface area contributed by atoms with Gasteiger partial charge in [-0.25, -0.2) is 4.79 Å². The van der Waals surface area contributed by atoms with Crippen molar-refractivity contribution in [2.45, 2.75) is 31.5 Å². The number of amides is 1. The number of hydrogen-bond donors (Lipinski definition) is 2. The van der Waals surface area contributed by atoms with E-state index in [1.807, 2.05) is 41.3 Å². The third kappa shape index (κ3) is 3.19. The normalized spacial score (nSPS) is 23.4. The second-order valence-corrected chi connectivity index (χ2v) is 7.80. The Bertz CT molecular complexity index is 1010. The van der Waals surface area contributed by atoms with Gasteiger partial charge in [0, 0.05) is 30.8 Å². The molecule has 0 aliphatic carbocycles. The molecular weight excluding hydrogens is 368 g/mol. The predicted molar refractivity (Wildman–Crippen MR) is 106 cm³/mol. The van der Waals surface area contributed by atoms with Crippen LogP contribution in [0.25, 0.3) is 0 Å². The van der Waals surface area contributed by atoms with Crippen LogP contribution in [0.1, 0.15) is 29.2 Å². The van der Waals surface area contributed by atoms with Crippen LogP contribution in [0.2, 0.25) is 0 Å². The molecule has 3 heterocycles. The number of carbonyl (C=O) groups excluding carboxylic acids is 2. The molecule has 3 aliphatic rings. The molecule has 2 aromatic rings. The quantitative estimate of drug-likeness (QED) is 0.769. The molecule has 2 aromatic carbocycles. The van der Waals surface area contributed by atoms with E-state index in [0.29, 0.717) is 32.5 Å². The molecule has 0 saturated heterocycles. The van der Waals surface area contributed by atoms with Gasteiger partial charge in [-0.3, -0.25) is 4.79 Å². The molecule has 1 unspecified atom stereocenters. The number of nitrogens with one attached hydrogen (secondary N) is 1. The molecule has 0 radical (unpaired) electrons. The van der Waals surface area contributed by atoms with Crippen molar-refractivity contribution < 1.29 is 19.4 Å². The van der Waals surface area contributed by atoms with Crippen molar-refractivity contribution in [1.82, 2.24) is 10.2 Å². The molecule has 29 heavy (non-hydrogen) atoms. The summed E-state index contributed by atoms with van der Waals surface area (Å²) in [6.07, 6.45) is 0.715. The SMILES string of the molecule is O=C1OC(c2ccccc2)C2=C1CCN(C(=O)[C@H]1Cc3ccc(O)cc3CN1)C2. The Labute approximate surface area is 168 Å². The van der Waals surface area contributed by atoms with Crippen LogP contribution >= 0.6 is 0 Å². The molecule has 0 bridgehead atoms. The molecule has 6 nitrogen and oxygen atoms in total. The second-order valence-electron chi connectivity index (χ2n) is 7.80. The van der Waals surface area contributed by atoms with Crippen molar-refractivity contribution in [3.63, 3.8) is 0 Å². The van der Waals surface area contributed by atoms with Gasteiger partial charge in [0.25, 0.3) is 0 Å². The van der Waals surface area contributed by atoms with E-state index >= 15 is 0 Å². The summed E-state index contributed by atoms with van der Waals surface area (Å²) in [5, 5.41) is 12.9. The molecular formula is C23H22N2O4. The van der Waals surface area contributed by atoms with E-state index in [0.717, 1.165) is 27.8 Å². The fourth-order valence-electron chi connectivity index (χ4n) is 4.49. The number of ether oxygens (including phenoxy) is 1. The van der Waals surface area contributed by atoms with Crippen LogP contribution in [0, 0.1) is 0 Å². The summed E-state index contributed by atoms with van der Waals surface area (Å²) < 4.78 is 5.64. The number of nitrogens with zero attached hydrogens (tertiary/aromatic N) is 1. The van der Waals surface area contributed by atoms with Crippen LogP contribution in [-0.2, 0) is 27.3 Å². The summed E-state index contributed by atoms with van der Waals surface area (Å²) in [6.45, 7) is 1.49. The number of rotatable bonds is 2. The van der Waals surface area contributed by atoms with Gasteiger partial charge in [0.1, 0.15) is 5.75 Å². The number of phenols is 1. The van der Waals surface area contributed by atoms with Gasteiger partial charge in [-0.05, 0) is 41.7 Å². The van der Waals surface area contributed by atoms with Crippen molar-refractivity contribution in [3.05, 3.63) is 76.4 Å². The highest BCUT2D eigenvalue weighted by atomic mass is 16.5. The van der Waals surface area contributed by atoms with E-state index in [2.05, 4.69) is 5.32 Å². The van der Waals surface area contributed by atoms with E-state index in [9.17, 15) is 14.7 Å². The maximum atomic E-state index is 13.2. The summed E-state index contributed by atoms with van der Waals surface area (Å²) in [5.74, 6) is 0.0237. The molecule has 0 spiro atoms.